The molecular weight excluding hydrogens is 298 g/mol. The third-order valence-corrected chi connectivity index (χ3v) is 4.59. The van der Waals surface area contributed by atoms with E-state index in [4.69, 9.17) is 9.90 Å². The summed E-state index contributed by atoms with van der Waals surface area (Å²) < 4.78 is 1.83. The van der Waals surface area contributed by atoms with Crippen LogP contribution in [-0.4, -0.2) is 64.1 Å². The Morgan fingerprint density at radius 2 is 2.04 bits per heavy atom. The van der Waals surface area contributed by atoms with Gasteiger partial charge in [0.25, 0.3) is 12.4 Å². The Balaban J connectivity index is 0.000000595. The fourth-order valence-corrected chi connectivity index (χ4v) is 3.23. The molecule has 0 bridgehead atoms. The number of pyridine rings is 1. The van der Waals surface area contributed by atoms with Crippen molar-refractivity contribution < 1.29 is 14.7 Å². The summed E-state index contributed by atoms with van der Waals surface area (Å²) in [6.07, 6.45) is 4.05. The summed E-state index contributed by atoms with van der Waals surface area (Å²) in [5.41, 5.74) is 0.996. The number of carbonyl (C=O) groups is 2. The lowest BCUT2D eigenvalue weighted by Crippen LogP contribution is -2.52. The summed E-state index contributed by atoms with van der Waals surface area (Å²) in [5.74, 6) is -0.114. The predicted molar refractivity (Wildman–Crippen MR) is 85.6 cm³/mol. The second-order valence-corrected chi connectivity index (χ2v) is 5.99. The first-order valence-corrected chi connectivity index (χ1v) is 7.76. The average Bonchev–Trinajstić information content (AvgIpc) is 2.98. The Morgan fingerprint density at radius 1 is 1.35 bits per heavy atom. The minimum atomic E-state index is -0.250. The fourth-order valence-electron chi connectivity index (χ4n) is 3.23. The maximum Gasteiger partial charge on any atom is 0.290 e. The van der Waals surface area contributed by atoms with Crippen LogP contribution in [0, 0.1) is 6.92 Å². The third kappa shape index (κ3) is 3.79. The van der Waals surface area contributed by atoms with Gasteiger partial charge in [-0.2, -0.15) is 0 Å². The molecule has 3 heterocycles. The lowest BCUT2D eigenvalue weighted by molar-refractivity contribution is -0.122. The highest BCUT2D eigenvalue weighted by atomic mass is 16.3. The third-order valence-electron chi connectivity index (χ3n) is 4.59. The monoisotopic (exact) mass is 321 g/mol. The molecule has 0 spiro atoms. The van der Waals surface area contributed by atoms with Gasteiger partial charge < -0.3 is 14.6 Å². The highest BCUT2D eigenvalue weighted by Gasteiger charge is 2.33. The topological polar surface area (TPSA) is 82.9 Å². The molecule has 2 saturated heterocycles. The van der Waals surface area contributed by atoms with Crippen LogP contribution in [0.25, 0.3) is 0 Å². The van der Waals surface area contributed by atoms with Crippen LogP contribution in [0.4, 0.5) is 0 Å². The Kier molecular flexibility index (Phi) is 5.54. The van der Waals surface area contributed by atoms with E-state index in [1.54, 1.807) is 12.3 Å². The lowest BCUT2D eigenvalue weighted by atomic mass is 10.1. The van der Waals surface area contributed by atoms with Gasteiger partial charge in [-0.15, -0.1) is 0 Å². The quantitative estimate of drug-likeness (QED) is 0.753. The van der Waals surface area contributed by atoms with Gasteiger partial charge in [-0.1, -0.05) is 0 Å². The molecular formula is C16H23N3O4. The van der Waals surface area contributed by atoms with E-state index in [9.17, 15) is 9.59 Å². The van der Waals surface area contributed by atoms with Gasteiger partial charge >= 0.3 is 0 Å². The maximum absolute atomic E-state index is 12.6. The lowest BCUT2D eigenvalue weighted by Gasteiger charge is -2.37. The molecule has 1 atom stereocenters. The number of hydrogen-bond acceptors (Lipinski definition) is 4. The van der Waals surface area contributed by atoms with E-state index in [0.29, 0.717) is 11.6 Å². The molecule has 2 aliphatic rings. The van der Waals surface area contributed by atoms with E-state index in [1.165, 1.54) is 6.42 Å². The van der Waals surface area contributed by atoms with Crippen LogP contribution in [0.1, 0.15) is 28.9 Å². The van der Waals surface area contributed by atoms with Gasteiger partial charge in [0.2, 0.25) is 0 Å². The number of rotatable bonds is 1. The van der Waals surface area contributed by atoms with Crippen molar-refractivity contribution in [1.82, 2.24) is 14.4 Å². The second kappa shape index (κ2) is 7.41. The van der Waals surface area contributed by atoms with Gasteiger partial charge in [0.1, 0.15) is 5.56 Å². The smallest absolute Gasteiger partial charge is 0.290 e. The number of carboxylic acid groups (broad SMARTS) is 1. The van der Waals surface area contributed by atoms with Crippen molar-refractivity contribution in [2.75, 3.05) is 26.2 Å². The Morgan fingerprint density at radius 3 is 2.74 bits per heavy atom. The van der Waals surface area contributed by atoms with Gasteiger partial charge in [0.05, 0.1) is 0 Å². The summed E-state index contributed by atoms with van der Waals surface area (Å²) in [6, 6.07) is 2.03. The van der Waals surface area contributed by atoms with Crippen LogP contribution in [0.5, 0.6) is 0 Å². The average molecular weight is 321 g/mol. The molecule has 126 valence electrons. The predicted octanol–water partition coefficient (Wildman–Crippen LogP) is 0.315. The van der Waals surface area contributed by atoms with Gasteiger partial charge in [-0.3, -0.25) is 19.3 Å². The molecule has 7 heteroatoms. The molecule has 7 nitrogen and oxygen atoms in total. The van der Waals surface area contributed by atoms with Crippen LogP contribution in [-0.2, 0) is 11.8 Å². The highest BCUT2D eigenvalue weighted by molar-refractivity contribution is 5.94. The summed E-state index contributed by atoms with van der Waals surface area (Å²) in [4.78, 5) is 37.3. The number of hydrogen-bond donors (Lipinski definition) is 1. The Labute approximate surface area is 135 Å². The molecule has 23 heavy (non-hydrogen) atoms. The summed E-state index contributed by atoms with van der Waals surface area (Å²) in [5, 5.41) is 6.89. The van der Waals surface area contributed by atoms with Crippen LogP contribution in [0.15, 0.2) is 17.1 Å². The number of carbonyl (C=O) groups excluding carboxylic acids is 1. The first-order valence-electron chi connectivity index (χ1n) is 7.76. The molecule has 0 aromatic carbocycles. The fraction of sp³-hybridized carbons (Fsp3) is 0.562. The van der Waals surface area contributed by atoms with Crippen molar-refractivity contribution in [1.29, 1.82) is 0 Å². The van der Waals surface area contributed by atoms with E-state index < -0.39 is 0 Å². The molecule has 2 fully saturated rings. The van der Waals surface area contributed by atoms with E-state index >= 15 is 0 Å². The van der Waals surface area contributed by atoms with Crippen molar-refractivity contribution in [3.63, 3.8) is 0 Å². The highest BCUT2D eigenvalue weighted by Crippen LogP contribution is 2.22. The van der Waals surface area contributed by atoms with Gasteiger partial charge in [-0.25, -0.2) is 0 Å². The first kappa shape index (κ1) is 17.2. The minimum Gasteiger partial charge on any atom is -0.483 e. The molecule has 1 N–H and O–H groups in total. The van der Waals surface area contributed by atoms with Crippen molar-refractivity contribution in [2.24, 2.45) is 7.05 Å². The van der Waals surface area contributed by atoms with Gasteiger partial charge in [-0.05, 0) is 26.3 Å². The Bertz CT molecular complexity index is 641. The number of amides is 1. The maximum atomic E-state index is 12.6. The molecule has 0 aliphatic carbocycles. The van der Waals surface area contributed by atoms with E-state index in [1.807, 2.05) is 23.4 Å². The zero-order valence-electron chi connectivity index (χ0n) is 13.6. The molecule has 0 radical (unpaired) electrons. The number of piperazine rings is 1. The summed E-state index contributed by atoms with van der Waals surface area (Å²) in [7, 11) is 1.86. The van der Waals surface area contributed by atoms with E-state index in [0.717, 1.165) is 38.3 Å². The number of nitrogens with zero attached hydrogens (tertiary/aromatic N) is 3. The van der Waals surface area contributed by atoms with Crippen LogP contribution < -0.4 is 5.43 Å². The van der Waals surface area contributed by atoms with Gasteiger partial charge in [0, 0.05) is 50.7 Å². The second-order valence-electron chi connectivity index (χ2n) is 5.99. The molecule has 1 unspecified atom stereocenters. The normalized spacial score (nSPS) is 20.4. The van der Waals surface area contributed by atoms with Gasteiger partial charge in [0.15, 0.2) is 5.43 Å². The zero-order valence-corrected chi connectivity index (χ0v) is 13.6. The van der Waals surface area contributed by atoms with E-state index in [2.05, 4.69) is 4.90 Å². The van der Waals surface area contributed by atoms with Crippen LogP contribution in [0.3, 0.4) is 0 Å². The van der Waals surface area contributed by atoms with Crippen molar-refractivity contribution in [3.05, 3.63) is 33.7 Å². The first-order chi connectivity index (χ1) is 11.0. The SMILES string of the molecule is Cc1cc(=O)c(C(=O)N2CCN3CCCC3C2)cn1C.O=CO. The molecule has 1 aromatic heterocycles. The van der Waals surface area contributed by atoms with Crippen molar-refractivity contribution in [2.45, 2.75) is 25.8 Å². The Hall–Kier alpha value is -2.15. The molecule has 0 saturated carbocycles. The number of fused-ring (bicyclic) bond motifs is 1. The molecule has 2 aliphatic heterocycles. The number of aromatic nitrogens is 1. The number of aryl methyl sites for hydroxylation is 2. The van der Waals surface area contributed by atoms with Crippen molar-refractivity contribution in [3.8, 4) is 0 Å². The summed E-state index contributed by atoms with van der Waals surface area (Å²) >= 11 is 0. The largest absolute Gasteiger partial charge is 0.483 e. The standard InChI is InChI=1S/C15H21N3O2.CH2O2/c1-11-8-14(19)13(10-16(11)2)15(20)18-7-6-17-5-3-4-12(17)9-18;2-1-3/h8,10,12H,3-7,9H2,1-2H3;1H,(H,2,3). The van der Waals surface area contributed by atoms with Crippen LogP contribution in [0.2, 0.25) is 0 Å². The zero-order chi connectivity index (χ0) is 17.0. The van der Waals surface area contributed by atoms with E-state index in [-0.39, 0.29) is 17.8 Å². The van der Waals surface area contributed by atoms with Crippen LogP contribution >= 0.6 is 0 Å². The summed E-state index contributed by atoms with van der Waals surface area (Å²) in [6.45, 7) is 5.19. The minimum absolute atomic E-state index is 0.114. The molecule has 3 rings (SSSR count). The molecule has 1 aromatic rings. The van der Waals surface area contributed by atoms with Crippen molar-refractivity contribution >= 4 is 12.4 Å². The molecule has 1 amide bonds.